The third-order valence-electron chi connectivity index (χ3n) is 4.47. The number of aliphatic imine (C=N–C) groups is 1. The molecule has 0 spiro atoms. The third kappa shape index (κ3) is 4.65. The van der Waals surface area contributed by atoms with E-state index in [-0.39, 0.29) is 23.6 Å². The molecule has 0 saturated heterocycles. The van der Waals surface area contributed by atoms with Crippen molar-refractivity contribution >= 4 is 29.3 Å². The third-order valence-corrected chi connectivity index (χ3v) is 4.47. The summed E-state index contributed by atoms with van der Waals surface area (Å²) in [4.78, 5) is 51.8. The molecule has 1 unspecified atom stereocenters. The summed E-state index contributed by atoms with van der Waals surface area (Å²) < 4.78 is 14.8. The van der Waals surface area contributed by atoms with E-state index in [9.17, 15) is 24.5 Å². The minimum atomic E-state index is -1.29. The van der Waals surface area contributed by atoms with E-state index in [0.717, 1.165) is 14.2 Å². The topological polar surface area (TPSA) is 134 Å². The molecule has 0 N–H and O–H groups in total. The average Bonchev–Trinajstić information content (AvgIpc) is 2.70. The molecule has 0 fully saturated rings. The number of hydrogen-bond acceptors (Lipinski definition) is 9. The molecule has 29 heavy (non-hydrogen) atoms. The van der Waals surface area contributed by atoms with Gasteiger partial charge in [0.2, 0.25) is 0 Å². The van der Waals surface area contributed by atoms with Crippen molar-refractivity contribution in [1.82, 2.24) is 0 Å². The van der Waals surface area contributed by atoms with E-state index in [1.54, 1.807) is 6.92 Å². The van der Waals surface area contributed by atoms with Crippen LogP contribution in [0.3, 0.4) is 0 Å². The molecule has 2 rings (SSSR count). The average molecular weight is 404 g/mol. The van der Waals surface area contributed by atoms with Crippen LogP contribution in [0.4, 0.5) is 5.69 Å². The fourth-order valence-electron chi connectivity index (χ4n) is 3.06. The maximum atomic E-state index is 12.9. The first-order valence-electron chi connectivity index (χ1n) is 8.53. The van der Waals surface area contributed by atoms with Gasteiger partial charge in [0.05, 0.1) is 24.7 Å². The maximum absolute atomic E-state index is 12.9. The van der Waals surface area contributed by atoms with Gasteiger partial charge < -0.3 is 14.2 Å². The van der Waals surface area contributed by atoms with Crippen LogP contribution in [0.1, 0.15) is 19.4 Å². The molecule has 0 bridgehead atoms. The minimum absolute atomic E-state index is 0.0813. The van der Waals surface area contributed by atoms with Crippen molar-refractivity contribution in [3.05, 3.63) is 51.2 Å². The lowest BCUT2D eigenvalue weighted by Crippen LogP contribution is -2.42. The number of nitrogens with zero attached hydrogens (tertiary/aromatic N) is 2. The van der Waals surface area contributed by atoms with E-state index in [2.05, 4.69) is 4.99 Å². The SMILES string of the molecule is COC(=O)C1=C(C)N=C(C)C(C(=O)OC)[C@@H]1C(=O)OCc1ccc([N+](=O)[O-])cc1. The number of benzene rings is 1. The summed E-state index contributed by atoms with van der Waals surface area (Å²) in [6.45, 7) is 2.88. The monoisotopic (exact) mass is 404 g/mol. The first-order valence-corrected chi connectivity index (χ1v) is 8.53. The highest BCUT2D eigenvalue weighted by Gasteiger charge is 2.46. The Morgan fingerprint density at radius 2 is 1.66 bits per heavy atom. The van der Waals surface area contributed by atoms with Gasteiger partial charge >= 0.3 is 17.9 Å². The number of carbonyl (C=O) groups is 3. The lowest BCUT2D eigenvalue weighted by atomic mass is 9.80. The van der Waals surface area contributed by atoms with Gasteiger partial charge in [0.1, 0.15) is 18.4 Å². The lowest BCUT2D eigenvalue weighted by Gasteiger charge is -2.29. The Balaban J connectivity index is 2.31. The van der Waals surface area contributed by atoms with Crippen LogP contribution in [-0.4, -0.2) is 42.8 Å². The molecule has 1 heterocycles. The second-order valence-electron chi connectivity index (χ2n) is 6.25. The van der Waals surface area contributed by atoms with Crippen LogP contribution in [0.5, 0.6) is 0 Å². The second-order valence-corrected chi connectivity index (χ2v) is 6.25. The van der Waals surface area contributed by atoms with Crippen molar-refractivity contribution in [1.29, 1.82) is 0 Å². The first kappa shape index (κ1) is 21.7. The Morgan fingerprint density at radius 1 is 1.03 bits per heavy atom. The highest BCUT2D eigenvalue weighted by atomic mass is 16.6. The van der Waals surface area contributed by atoms with E-state index in [1.165, 1.54) is 31.2 Å². The molecule has 1 aromatic carbocycles. The molecule has 154 valence electrons. The van der Waals surface area contributed by atoms with Crippen LogP contribution < -0.4 is 0 Å². The standard InChI is InChI=1S/C19H20N2O8/c1-10-14(17(22)27-3)16(15(11(2)20-10)18(23)28-4)19(24)29-9-12-5-7-13(8-6-12)21(25)26/h5-8,14,16H,9H2,1-4H3/t14?,16-/m0/s1. The molecule has 0 saturated carbocycles. The number of ether oxygens (including phenoxy) is 3. The fraction of sp³-hybridized carbons (Fsp3) is 0.368. The number of hydrogen-bond donors (Lipinski definition) is 0. The first-order chi connectivity index (χ1) is 13.7. The number of methoxy groups -OCH3 is 2. The highest BCUT2D eigenvalue weighted by Crippen LogP contribution is 2.33. The van der Waals surface area contributed by atoms with E-state index in [1.807, 2.05) is 0 Å². The Morgan fingerprint density at radius 3 is 2.17 bits per heavy atom. The van der Waals surface area contributed by atoms with Gasteiger partial charge in [-0.2, -0.15) is 0 Å². The smallest absolute Gasteiger partial charge is 0.336 e. The number of allylic oxidation sites excluding steroid dienone is 1. The van der Waals surface area contributed by atoms with Crippen molar-refractivity contribution in [2.24, 2.45) is 16.8 Å². The van der Waals surface area contributed by atoms with Crippen molar-refractivity contribution in [3.8, 4) is 0 Å². The van der Waals surface area contributed by atoms with Gasteiger partial charge in [0.15, 0.2) is 0 Å². The Kier molecular flexibility index (Phi) is 6.81. The number of carbonyl (C=O) groups excluding carboxylic acids is 3. The van der Waals surface area contributed by atoms with Gasteiger partial charge in [0.25, 0.3) is 5.69 Å². The summed E-state index contributed by atoms with van der Waals surface area (Å²) in [5, 5.41) is 10.7. The van der Waals surface area contributed by atoms with Gasteiger partial charge in [-0.3, -0.25) is 24.7 Å². The zero-order valence-electron chi connectivity index (χ0n) is 16.3. The Bertz CT molecular complexity index is 901. The second kappa shape index (κ2) is 9.09. The predicted molar refractivity (Wildman–Crippen MR) is 99.7 cm³/mol. The molecule has 2 atom stereocenters. The minimum Gasteiger partial charge on any atom is -0.468 e. The van der Waals surface area contributed by atoms with Crippen molar-refractivity contribution in [3.63, 3.8) is 0 Å². The number of rotatable bonds is 6. The molecular weight excluding hydrogens is 384 g/mol. The van der Waals surface area contributed by atoms with Gasteiger partial charge in [-0.1, -0.05) is 0 Å². The van der Waals surface area contributed by atoms with E-state index in [4.69, 9.17) is 14.2 Å². The largest absolute Gasteiger partial charge is 0.468 e. The van der Waals surface area contributed by atoms with Crippen LogP contribution in [-0.2, 0) is 35.2 Å². The summed E-state index contributed by atoms with van der Waals surface area (Å²) in [5.74, 6) is -4.80. The molecule has 0 aromatic heterocycles. The van der Waals surface area contributed by atoms with Crippen LogP contribution in [0.15, 0.2) is 40.5 Å². The van der Waals surface area contributed by atoms with E-state index < -0.39 is 34.7 Å². The summed E-state index contributed by atoms with van der Waals surface area (Å²) in [6.07, 6.45) is 0. The zero-order valence-corrected chi connectivity index (χ0v) is 16.3. The maximum Gasteiger partial charge on any atom is 0.336 e. The number of nitro benzene ring substituents is 1. The van der Waals surface area contributed by atoms with Crippen LogP contribution in [0.25, 0.3) is 0 Å². The molecule has 10 nitrogen and oxygen atoms in total. The summed E-state index contributed by atoms with van der Waals surface area (Å²) >= 11 is 0. The van der Waals surface area contributed by atoms with Crippen LogP contribution >= 0.6 is 0 Å². The summed E-state index contributed by atoms with van der Waals surface area (Å²) in [6, 6.07) is 5.45. The van der Waals surface area contributed by atoms with Gasteiger partial charge in [-0.05, 0) is 31.5 Å². The molecular formula is C19H20N2O8. The van der Waals surface area contributed by atoms with Gasteiger partial charge in [0, 0.05) is 23.5 Å². The predicted octanol–water partition coefficient (Wildman–Crippen LogP) is 1.96. The van der Waals surface area contributed by atoms with Crippen LogP contribution in [0, 0.1) is 22.0 Å². The van der Waals surface area contributed by atoms with Gasteiger partial charge in [-0.15, -0.1) is 0 Å². The Labute approximate surface area is 166 Å². The van der Waals surface area contributed by atoms with E-state index in [0.29, 0.717) is 11.3 Å². The van der Waals surface area contributed by atoms with Crippen molar-refractivity contribution in [2.75, 3.05) is 14.2 Å². The summed E-state index contributed by atoms with van der Waals surface area (Å²) in [7, 11) is 2.32. The molecule has 0 amide bonds. The molecule has 0 aliphatic carbocycles. The van der Waals surface area contributed by atoms with Crippen molar-refractivity contribution < 1.29 is 33.5 Å². The Hall–Kier alpha value is -3.56. The molecule has 0 radical (unpaired) electrons. The number of esters is 3. The lowest BCUT2D eigenvalue weighted by molar-refractivity contribution is -0.384. The number of non-ortho nitro benzene ring substituents is 1. The van der Waals surface area contributed by atoms with Crippen LogP contribution in [0.2, 0.25) is 0 Å². The highest BCUT2D eigenvalue weighted by molar-refractivity contribution is 6.10. The normalized spacial score (nSPS) is 18.6. The fourth-order valence-corrected chi connectivity index (χ4v) is 3.06. The molecule has 1 aliphatic rings. The van der Waals surface area contributed by atoms with Crippen molar-refractivity contribution in [2.45, 2.75) is 20.5 Å². The quantitative estimate of drug-likeness (QED) is 0.304. The summed E-state index contributed by atoms with van der Waals surface area (Å²) in [5.41, 5.74) is 0.866. The van der Waals surface area contributed by atoms with Gasteiger partial charge in [-0.25, -0.2) is 4.79 Å². The number of nitro groups is 1. The molecule has 1 aromatic rings. The molecule has 10 heteroatoms. The van der Waals surface area contributed by atoms with E-state index >= 15 is 0 Å². The molecule has 1 aliphatic heterocycles. The zero-order chi connectivity index (χ0) is 21.7.